The van der Waals surface area contributed by atoms with Gasteiger partial charge in [0.1, 0.15) is 17.3 Å². The number of phenolic OH excluding ortho intramolecular Hbond substituents is 1. The van der Waals surface area contributed by atoms with Gasteiger partial charge in [-0.25, -0.2) is 22.5 Å². The number of hydrogen-bond donors (Lipinski definition) is 2. The van der Waals surface area contributed by atoms with E-state index in [4.69, 9.17) is 5.11 Å². The fourth-order valence-electron chi connectivity index (χ4n) is 2.27. The number of imide groups is 1. The zero-order valence-corrected chi connectivity index (χ0v) is 12.2. The van der Waals surface area contributed by atoms with Gasteiger partial charge in [0.2, 0.25) is 0 Å². The Kier molecular flexibility index (Phi) is 3.91. The van der Waals surface area contributed by atoms with E-state index in [2.05, 4.69) is 5.32 Å². The largest absolute Gasteiger partial charge is 0.503 e. The van der Waals surface area contributed by atoms with Crippen LogP contribution in [0.25, 0.3) is 0 Å². The van der Waals surface area contributed by atoms with Crippen LogP contribution in [0, 0.1) is 23.3 Å². The Morgan fingerprint density at radius 1 is 0.880 bits per heavy atom. The molecule has 1 heterocycles. The highest BCUT2D eigenvalue weighted by Crippen LogP contribution is 2.28. The zero-order valence-electron chi connectivity index (χ0n) is 12.2. The molecule has 0 aliphatic carbocycles. The summed E-state index contributed by atoms with van der Waals surface area (Å²) in [4.78, 5) is 24.7. The Labute approximate surface area is 137 Å². The summed E-state index contributed by atoms with van der Waals surface area (Å²) in [6.07, 6.45) is 0.813. The number of halogens is 4. The number of amides is 2. The molecule has 0 radical (unpaired) electrons. The van der Waals surface area contributed by atoms with E-state index in [9.17, 15) is 27.2 Å². The van der Waals surface area contributed by atoms with E-state index in [0.717, 1.165) is 18.2 Å². The van der Waals surface area contributed by atoms with Gasteiger partial charge in [-0.3, -0.25) is 9.59 Å². The molecule has 1 aliphatic rings. The van der Waals surface area contributed by atoms with E-state index >= 15 is 0 Å². The van der Waals surface area contributed by atoms with Crippen molar-refractivity contribution >= 4 is 23.2 Å². The molecule has 0 spiro atoms. The molecule has 0 aromatic heterocycles. The molecular weight excluding hydrogens is 344 g/mol. The molecule has 9 heteroatoms. The van der Waals surface area contributed by atoms with Crippen molar-refractivity contribution in [2.75, 3.05) is 10.2 Å². The average Bonchev–Trinajstić information content (AvgIpc) is 2.78. The number of phenols is 1. The molecule has 128 valence electrons. The molecule has 0 fully saturated rings. The van der Waals surface area contributed by atoms with Gasteiger partial charge in [-0.1, -0.05) is 0 Å². The molecular formula is C16H8F4N2O3. The lowest BCUT2D eigenvalue weighted by atomic mass is 10.2. The van der Waals surface area contributed by atoms with Crippen molar-refractivity contribution in [1.82, 2.24) is 0 Å². The quantitative estimate of drug-likeness (QED) is 0.506. The van der Waals surface area contributed by atoms with Crippen LogP contribution in [-0.2, 0) is 9.59 Å². The van der Waals surface area contributed by atoms with Crippen molar-refractivity contribution in [2.45, 2.75) is 0 Å². The summed E-state index contributed by atoms with van der Waals surface area (Å²) in [6.45, 7) is 0. The zero-order chi connectivity index (χ0) is 18.3. The Hall–Kier alpha value is -3.36. The second kappa shape index (κ2) is 5.93. The highest BCUT2D eigenvalue weighted by atomic mass is 19.1. The van der Waals surface area contributed by atoms with Gasteiger partial charge >= 0.3 is 0 Å². The normalized spacial score (nSPS) is 14.1. The maximum atomic E-state index is 13.3. The van der Waals surface area contributed by atoms with Crippen LogP contribution in [0.3, 0.4) is 0 Å². The lowest BCUT2D eigenvalue weighted by molar-refractivity contribution is -0.120. The Morgan fingerprint density at radius 2 is 1.44 bits per heavy atom. The summed E-state index contributed by atoms with van der Waals surface area (Å²) in [7, 11) is 0. The molecule has 0 bridgehead atoms. The van der Waals surface area contributed by atoms with E-state index in [-0.39, 0.29) is 17.1 Å². The summed E-state index contributed by atoms with van der Waals surface area (Å²) < 4.78 is 53.2. The van der Waals surface area contributed by atoms with Crippen LogP contribution in [0.5, 0.6) is 5.75 Å². The van der Waals surface area contributed by atoms with E-state index in [1.165, 1.54) is 0 Å². The van der Waals surface area contributed by atoms with Gasteiger partial charge in [0.25, 0.3) is 11.8 Å². The van der Waals surface area contributed by atoms with Crippen LogP contribution in [0.4, 0.5) is 28.9 Å². The monoisotopic (exact) mass is 352 g/mol. The molecule has 3 rings (SSSR count). The number of benzene rings is 2. The minimum atomic E-state index is -1.27. The highest BCUT2D eigenvalue weighted by Gasteiger charge is 2.33. The number of carbonyl (C=O) groups excluding carboxylic acids is 2. The Bertz CT molecular complexity index is 900. The average molecular weight is 352 g/mol. The van der Waals surface area contributed by atoms with E-state index in [0.29, 0.717) is 23.1 Å². The number of hydrogen-bond acceptors (Lipinski definition) is 4. The fraction of sp³-hybridized carbons (Fsp3) is 0. The fourth-order valence-corrected chi connectivity index (χ4v) is 2.27. The number of nitrogens with zero attached hydrogens (tertiary/aromatic N) is 1. The van der Waals surface area contributed by atoms with Crippen molar-refractivity contribution in [2.24, 2.45) is 0 Å². The van der Waals surface area contributed by atoms with Crippen molar-refractivity contribution < 1.29 is 32.3 Å². The van der Waals surface area contributed by atoms with Gasteiger partial charge in [0, 0.05) is 30.0 Å². The number of carbonyl (C=O) groups is 2. The van der Waals surface area contributed by atoms with Gasteiger partial charge in [-0.05, 0) is 12.1 Å². The van der Waals surface area contributed by atoms with Gasteiger partial charge in [-0.15, -0.1) is 0 Å². The van der Waals surface area contributed by atoms with E-state index < -0.39 is 40.8 Å². The second-order valence-electron chi connectivity index (χ2n) is 5.08. The van der Waals surface area contributed by atoms with Crippen molar-refractivity contribution in [3.63, 3.8) is 0 Å². The Balaban J connectivity index is 1.89. The summed E-state index contributed by atoms with van der Waals surface area (Å²) >= 11 is 0. The van der Waals surface area contributed by atoms with Crippen LogP contribution in [0.15, 0.2) is 42.1 Å². The maximum Gasteiger partial charge on any atom is 0.281 e. The molecule has 2 amide bonds. The van der Waals surface area contributed by atoms with Crippen LogP contribution in [-0.4, -0.2) is 16.9 Å². The summed E-state index contributed by atoms with van der Waals surface area (Å²) in [5.74, 6) is -7.57. The predicted octanol–water partition coefficient (Wildman–Crippen LogP) is 2.82. The number of rotatable bonds is 3. The molecule has 0 unspecified atom stereocenters. The summed E-state index contributed by atoms with van der Waals surface area (Å²) in [5.41, 5.74) is -0.935. The summed E-state index contributed by atoms with van der Waals surface area (Å²) in [5, 5.41) is 11.4. The minimum absolute atomic E-state index is 0.243. The molecule has 2 N–H and O–H groups in total. The highest BCUT2D eigenvalue weighted by molar-refractivity contribution is 6.31. The standard InChI is InChI=1S/C16H8F4N2O3/c17-7-1-8(18)3-10(2-7)22-14(23)6-13(16(22)25)21-9-4-11(19)15(24)12(20)5-9/h1-6,21,24H. The SMILES string of the molecule is O=C1C=C(Nc2cc(F)c(O)c(F)c2)C(=O)N1c1cc(F)cc(F)c1. The van der Waals surface area contributed by atoms with Crippen LogP contribution >= 0.6 is 0 Å². The van der Waals surface area contributed by atoms with Crippen molar-refractivity contribution in [3.8, 4) is 5.75 Å². The van der Waals surface area contributed by atoms with E-state index in [1.54, 1.807) is 0 Å². The third-order valence-electron chi connectivity index (χ3n) is 3.32. The number of nitrogens with one attached hydrogen (secondary N) is 1. The molecule has 1 aliphatic heterocycles. The second-order valence-corrected chi connectivity index (χ2v) is 5.08. The first kappa shape index (κ1) is 16.5. The van der Waals surface area contributed by atoms with Crippen LogP contribution in [0.1, 0.15) is 0 Å². The molecule has 0 atom stereocenters. The van der Waals surface area contributed by atoms with Crippen LogP contribution < -0.4 is 10.2 Å². The minimum Gasteiger partial charge on any atom is -0.503 e. The third-order valence-corrected chi connectivity index (χ3v) is 3.32. The molecule has 0 saturated heterocycles. The lowest BCUT2D eigenvalue weighted by Gasteiger charge is -2.15. The van der Waals surface area contributed by atoms with Gasteiger partial charge in [-0.2, -0.15) is 0 Å². The smallest absolute Gasteiger partial charge is 0.281 e. The maximum absolute atomic E-state index is 13.3. The van der Waals surface area contributed by atoms with E-state index in [1.807, 2.05) is 0 Å². The molecule has 25 heavy (non-hydrogen) atoms. The first-order valence-corrected chi connectivity index (χ1v) is 6.77. The lowest BCUT2D eigenvalue weighted by Crippen LogP contribution is -2.32. The van der Waals surface area contributed by atoms with Crippen molar-refractivity contribution in [1.29, 1.82) is 0 Å². The Morgan fingerprint density at radius 3 is 2.00 bits per heavy atom. The summed E-state index contributed by atoms with van der Waals surface area (Å²) in [6, 6.07) is 3.57. The molecule has 5 nitrogen and oxygen atoms in total. The van der Waals surface area contributed by atoms with Crippen molar-refractivity contribution in [3.05, 3.63) is 65.4 Å². The third kappa shape index (κ3) is 3.03. The molecule has 0 saturated carbocycles. The predicted molar refractivity (Wildman–Crippen MR) is 78.6 cm³/mol. The van der Waals surface area contributed by atoms with Gasteiger partial charge in [0.05, 0.1) is 5.69 Å². The van der Waals surface area contributed by atoms with Crippen LogP contribution in [0.2, 0.25) is 0 Å². The van der Waals surface area contributed by atoms with Gasteiger partial charge < -0.3 is 10.4 Å². The molecule has 2 aromatic rings. The van der Waals surface area contributed by atoms with Gasteiger partial charge in [0.15, 0.2) is 17.4 Å². The topological polar surface area (TPSA) is 69.6 Å². The number of anilines is 2. The first-order valence-electron chi connectivity index (χ1n) is 6.77. The number of aromatic hydroxyl groups is 1. The molecule has 2 aromatic carbocycles. The first-order chi connectivity index (χ1) is 11.8.